The molecule has 0 fully saturated rings. The Hall–Kier alpha value is -1.13. The first-order chi connectivity index (χ1) is 7.45. The van der Waals surface area contributed by atoms with Crippen molar-refractivity contribution in [1.82, 2.24) is 4.90 Å². The Bertz CT molecular complexity index is 410. The third-order valence-electron chi connectivity index (χ3n) is 2.07. The van der Waals surface area contributed by atoms with Gasteiger partial charge in [0, 0.05) is 17.6 Å². The van der Waals surface area contributed by atoms with E-state index in [2.05, 4.69) is 0 Å². The van der Waals surface area contributed by atoms with Crippen LogP contribution in [-0.4, -0.2) is 25.1 Å². The van der Waals surface area contributed by atoms with Gasteiger partial charge in [0.15, 0.2) is 0 Å². The zero-order chi connectivity index (χ0) is 12.3. The number of hydrogen-bond acceptors (Lipinski definition) is 2. The number of benzene rings is 1. The lowest BCUT2D eigenvalue weighted by Crippen LogP contribution is -2.31. The minimum absolute atomic E-state index is 0.290. The molecule has 0 aliphatic carbocycles. The van der Waals surface area contributed by atoms with Crippen LogP contribution in [-0.2, 0) is 6.54 Å². The van der Waals surface area contributed by atoms with Crippen LogP contribution in [0.25, 0.3) is 0 Å². The summed E-state index contributed by atoms with van der Waals surface area (Å²) in [6.07, 6.45) is 0. The lowest BCUT2D eigenvalue weighted by molar-refractivity contribution is 0.216. The normalized spacial score (nSPS) is 10.0. The van der Waals surface area contributed by atoms with Crippen LogP contribution in [0, 0.1) is 0 Å². The second-order valence-electron chi connectivity index (χ2n) is 3.27. The minimum Gasteiger partial charge on any atom is -0.495 e. The zero-order valence-electron chi connectivity index (χ0n) is 8.96. The summed E-state index contributed by atoms with van der Waals surface area (Å²) >= 11 is 11.8. The van der Waals surface area contributed by atoms with Crippen molar-refractivity contribution in [2.24, 2.45) is 5.73 Å². The van der Waals surface area contributed by atoms with Gasteiger partial charge in [-0.3, -0.25) is 0 Å². The molecule has 0 unspecified atom stereocenters. The molecule has 6 heteroatoms. The number of methoxy groups -OCH3 is 1. The van der Waals surface area contributed by atoms with Crippen LogP contribution in [0.4, 0.5) is 4.79 Å². The summed E-state index contributed by atoms with van der Waals surface area (Å²) in [6, 6.07) is 2.74. The van der Waals surface area contributed by atoms with Crippen molar-refractivity contribution in [2.45, 2.75) is 6.54 Å². The molecule has 1 aromatic rings. The third-order valence-corrected chi connectivity index (χ3v) is 2.57. The molecule has 2 amide bonds. The number of halogens is 2. The van der Waals surface area contributed by atoms with Crippen molar-refractivity contribution in [3.05, 3.63) is 27.7 Å². The average Bonchev–Trinajstić information content (AvgIpc) is 2.16. The molecule has 0 spiro atoms. The summed E-state index contributed by atoms with van der Waals surface area (Å²) in [5.74, 6) is 0.499. The topological polar surface area (TPSA) is 55.6 Å². The number of urea groups is 1. The number of nitrogens with zero attached hydrogens (tertiary/aromatic N) is 1. The van der Waals surface area contributed by atoms with Gasteiger partial charge in [-0.25, -0.2) is 4.79 Å². The van der Waals surface area contributed by atoms with Gasteiger partial charge in [0.25, 0.3) is 0 Å². The second kappa shape index (κ2) is 5.27. The number of hydrogen-bond donors (Lipinski definition) is 1. The van der Waals surface area contributed by atoms with E-state index in [4.69, 9.17) is 33.7 Å². The van der Waals surface area contributed by atoms with E-state index >= 15 is 0 Å². The highest BCUT2D eigenvalue weighted by atomic mass is 35.5. The molecule has 88 valence electrons. The molecule has 0 bridgehead atoms. The Balaban J connectivity index is 3.07. The van der Waals surface area contributed by atoms with Gasteiger partial charge in [0.05, 0.1) is 18.7 Å². The monoisotopic (exact) mass is 262 g/mol. The molecule has 0 aliphatic rings. The van der Waals surface area contributed by atoms with E-state index < -0.39 is 6.03 Å². The maximum atomic E-state index is 10.9. The lowest BCUT2D eigenvalue weighted by atomic mass is 10.2. The molecule has 4 nitrogen and oxygen atoms in total. The predicted octanol–water partition coefficient (Wildman–Crippen LogP) is 2.51. The molecule has 0 saturated carbocycles. The quantitative estimate of drug-likeness (QED) is 0.910. The fourth-order valence-electron chi connectivity index (χ4n) is 1.29. The van der Waals surface area contributed by atoms with Crippen LogP contribution in [0.1, 0.15) is 5.56 Å². The third kappa shape index (κ3) is 2.93. The van der Waals surface area contributed by atoms with Crippen LogP contribution in [0.5, 0.6) is 5.75 Å². The van der Waals surface area contributed by atoms with Crippen molar-refractivity contribution in [1.29, 1.82) is 0 Å². The van der Waals surface area contributed by atoms with Gasteiger partial charge in [-0.2, -0.15) is 0 Å². The van der Waals surface area contributed by atoms with E-state index in [0.29, 0.717) is 27.9 Å². The number of carbonyl (C=O) groups excluding carboxylic acids is 1. The average molecular weight is 263 g/mol. The second-order valence-corrected chi connectivity index (χ2v) is 4.12. The Kier molecular flexibility index (Phi) is 4.26. The van der Waals surface area contributed by atoms with E-state index in [1.54, 1.807) is 19.2 Å². The lowest BCUT2D eigenvalue weighted by Gasteiger charge is -2.17. The zero-order valence-corrected chi connectivity index (χ0v) is 10.5. The van der Waals surface area contributed by atoms with Crippen molar-refractivity contribution in [3.8, 4) is 5.75 Å². The van der Waals surface area contributed by atoms with Crippen LogP contribution in [0.3, 0.4) is 0 Å². The SMILES string of the molecule is COc1c(Cl)cc(Cl)cc1CN(C)C(N)=O. The summed E-state index contributed by atoms with van der Waals surface area (Å²) in [5, 5.41) is 0.890. The maximum Gasteiger partial charge on any atom is 0.314 e. The van der Waals surface area contributed by atoms with E-state index in [1.807, 2.05) is 0 Å². The van der Waals surface area contributed by atoms with Gasteiger partial charge in [-0.15, -0.1) is 0 Å². The predicted molar refractivity (Wildman–Crippen MR) is 64.1 cm³/mol. The molecule has 0 saturated heterocycles. The van der Waals surface area contributed by atoms with Gasteiger partial charge >= 0.3 is 6.03 Å². The summed E-state index contributed by atoms with van der Waals surface area (Å²) in [4.78, 5) is 12.3. The van der Waals surface area contributed by atoms with Gasteiger partial charge < -0.3 is 15.4 Å². The summed E-state index contributed by atoms with van der Waals surface area (Å²) < 4.78 is 5.14. The summed E-state index contributed by atoms with van der Waals surface area (Å²) in [5.41, 5.74) is 5.84. The number of carbonyl (C=O) groups is 1. The Morgan fingerprint density at radius 3 is 2.62 bits per heavy atom. The first kappa shape index (κ1) is 12.9. The van der Waals surface area contributed by atoms with Crippen molar-refractivity contribution < 1.29 is 9.53 Å². The Morgan fingerprint density at radius 1 is 1.50 bits per heavy atom. The first-order valence-corrected chi connectivity index (χ1v) is 5.23. The molecule has 2 N–H and O–H groups in total. The fraction of sp³-hybridized carbons (Fsp3) is 0.300. The number of rotatable bonds is 3. The highest BCUT2D eigenvalue weighted by Gasteiger charge is 2.13. The van der Waals surface area contributed by atoms with Gasteiger partial charge in [-0.05, 0) is 12.1 Å². The van der Waals surface area contributed by atoms with E-state index in [9.17, 15) is 4.79 Å². The Labute approximate surface area is 104 Å². The number of amides is 2. The molecule has 0 heterocycles. The van der Waals surface area contributed by atoms with Crippen LogP contribution in [0.15, 0.2) is 12.1 Å². The van der Waals surface area contributed by atoms with Gasteiger partial charge in [0.1, 0.15) is 5.75 Å². The molecule has 16 heavy (non-hydrogen) atoms. The smallest absolute Gasteiger partial charge is 0.314 e. The van der Waals surface area contributed by atoms with Crippen LogP contribution < -0.4 is 10.5 Å². The number of ether oxygens (including phenoxy) is 1. The van der Waals surface area contributed by atoms with E-state index in [-0.39, 0.29) is 0 Å². The van der Waals surface area contributed by atoms with Crippen molar-refractivity contribution in [3.63, 3.8) is 0 Å². The van der Waals surface area contributed by atoms with E-state index in [0.717, 1.165) is 0 Å². The molecule has 0 radical (unpaired) electrons. The molecule has 0 atom stereocenters. The maximum absolute atomic E-state index is 10.9. The largest absolute Gasteiger partial charge is 0.495 e. The van der Waals surface area contributed by atoms with Crippen LogP contribution >= 0.6 is 23.2 Å². The molecule has 1 rings (SSSR count). The molecular weight excluding hydrogens is 251 g/mol. The highest BCUT2D eigenvalue weighted by molar-refractivity contribution is 6.35. The minimum atomic E-state index is -0.529. The number of nitrogens with two attached hydrogens (primary N) is 1. The molecule has 0 aromatic heterocycles. The van der Waals surface area contributed by atoms with Gasteiger partial charge in [0.2, 0.25) is 0 Å². The number of primary amides is 1. The van der Waals surface area contributed by atoms with Gasteiger partial charge in [-0.1, -0.05) is 23.2 Å². The molecule has 1 aromatic carbocycles. The van der Waals surface area contributed by atoms with Crippen molar-refractivity contribution >= 4 is 29.2 Å². The van der Waals surface area contributed by atoms with Crippen molar-refractivity contribution in [2.75, 3.05) is 14.2 Å². The standard InChI is InChI=1S/C10H12Cl2N2O2/c1-14(10(13)15)5-6-3-7(11)4-8(12)9(6)16-2/h3-4H,5H2,1-2H3,(H2,13,15). The summed E-state index contributed by atoms with van der Waals surface area (Å²) in [6.45, 7) is 0.290. The van der Waals surface area contributed by atoms with E-state index in [1.165, 1.54) is 12.0 Å². The molecule has 0 aliphatic heterocycles. The Morgan fingerprint density at radius 2 is 2.12 bits per heavy atom. The fourth-order valence-corrected chi connectivity index (χ4v) is 1.91. The molecular formula is C10H12Cl2N2O2. The summed E-state index contributed by atoms with van der Waals surface area (Å²) in [7, 11) is 3.08. The van der Waals surface area contributed by atoms with Crippen LogP contribution in [0.2, 0.25) is 10.0 Å². The first-order valence-electron chi connectivity index (χ1n) is 4.48. The highest BCUT2D eigenvalue weighted by Crippen LogP contribution is 2.32.